The van der Waals surface area contributed by atoms with Crippen molar-refractivity contribution in [2.75, 3.05) is 13.7 Å². The molecule has 1 heterocycles. The second-order valence-corrected chi connectivity index (χ2v) is 4.22. The van der Waals surface area contributed by atoms with Crippen LogP contribution in [-0.4, -0.2) is 13.7 Å². The number of hydrogen-bond donors (Lipinski definition) is 1. The number of methoxy groups -OCH3 is 1. The molecule has 18 heavy (non-hydrogen) atoms. The lowest BCUT2D eigenvalue weighted by Crippen LogP contribution is -2.22. The highest BCUT2D eigenvalue weighted by Crippen LogP contribution is 2.22. The van der Waals surface area contributed by atoms with Crippen LogP contribution >= 0.6 is 0 Å². The van der Waals surface area contributed by atoms with Gasteiger partial charge >= 0.3 is 0 Å². The zero-order chi connectivity index (χ0) is 12.8. The number of rotatable bonds is 6. The highest BCUT2D eigenvalue weighted by atomic mass is 16.5. The van der Waals surface area contributed by atoms with E-state index in [0.717, 1.165) is 18.7 Å². The van der Waals surface area contributed by atoms with Crippen molar-refractivity contribution in [1.29, 1.82) is 0 Å². The van der Waals surface area contributed by atoms with Gasteiger partial charge in [0.1, 0.15) is 5.75 Å². The first-order valence-electron chi connectivity index (χ1n) is 6.22. The van der Waals surface area contributed by atoms with Gasteiger partial charge in [0.25, 0.3) is 0 Å². The fourth-order valence-corrected chi connectivity index (χ4v) is 2.06. The standard InChI is InChI=1S/C15H19NO2/c1-3-16-15(9-12-7-8-18-11-12)13-5-4-6-14(10-13)17-2/h4-8,10-11,15-16H,3,9H2,1-2H3. The molecule has 0 fully saturated rings. The Labute approximate surface area is 108 Å². The third kappa shape index (κ3) is 3.14. The van der Waals surface area contributed by atoms with Gasteiger partial charge in [0.2, 0.25) is 0 Å². The van der Waals surface area contributed by atoms with E-state index in [2.05, 4.69) is 24.4 Å². The van der Waals surface area contributed by atoms with Crippen molar-refractivity contribution in [3.05, 3.63) is 54.0 Å². The third-order valence-corrected chi connectivity index (χ3v) is 2.97. The molecule has 0 bridgehead atoms. The van der Waals surface area contributed by atoms with Crippen LogP contribution < -0.4 is 10.1 Å². The molecule has 1 aromatic heterocycles. The molecule has 0 saturated heterocycles. The minimum absolute atomic E-state index is 0.280. The minimum atomic E-state index is 0.280. The molecule has 0 aliphatic carbocycles. The number of nitrogens with one attached hydrogen (secondary N) is 1. The second-order valence-electron chi connectivity index (χ2n) is 4.22. The van der Waals surface area contributed by atoms with E-state index in [1.165, 1.54) is 11.1 Å². The van der Waals surface area contributed by atoms with E-state index < -0.39 is 0 Å². The summed E-state index contributed by atoms with van der Waals surface area (Å²) in [5.74, 6) is 0.891. The van der Waals surface area contributed by atoms with Crippen LogP contribution in [0.5, 0.6) is 5.75 Å². The molecule has 0 amide bonds. The Hall–Kier alpha value is -1.74. The van der Waals surface area contributed by atoms with Crippen molar-refractivity contribution < 1.29 is 9.15 Å². The van der Waals surface area contributed by atoms with Crippen molar-refractivity contribution >= 4 is 0 Å². The Morgan fingerprint density at radius 1 is 1.33 bits per heavy atom. The van der Waals surface area contributed by atoms with Crippen molar-refractivity contribution in [2.24, 2.45) is 0 Å². The summed E-state index contributed by atoms with van der Waals surface area (Å²) in [6, 6.07) is 10.5. The summed E-state index contributed by atoms with van der Waals surface area (Å²) >= 11 is 0. The summed E-state index contributed by atoms with van der Waals surface area (Å²) in [5.41, 5.74) is 2.43. The molecule has 0 radical (unpaired) electrons. The first-order chi connectivity index (χ1) is 8.83. The quantitative estimate of drug-likeness (QED) is 0.848. The van der Waals surface area contributed by atoms with Crippen LogP contribution in [0.1, 0.15) is 24.1 Å². The molecule has 1 atom stereocenters. The Bertz CT molecular complexity index is 465. The maximum Gasteiger partial charge on any atom is 0.119 e. The van der Waals surface area contributed by atoms with Crippen molar-refractivity contribution in [3.8, 4) is 5.75 Å². The summed E-state index contributed by atoms with van der Waals surface area (Å²) < 4.78 is 10.4. The first-order valence-corrected chi connectivity index (χ1v) is 6.22. The van der Waals surface area contributed by atoms with Gasteiger partial charge in [-0.05, 0) is 42.3 Å². The molecule has 2 rings (SSSR count). The number of hydrogen-bond acceptors (Lipinski definition) is 3. The molecule has 3 nitrogen and oxygen atoms in total. The molecular weight excluding hydrogens is 226 g/mol. The van der Waals surface area contributed by atoms with Crippen molar-refractivity contribution in [1.82, 2.24) is 5.32 Å². The maximum atomic E-state index is 5.27. The largest absolute Gasteiger partial charge is 0.497 e. The molecule has 0 aliphatic rings. The maximum absolute atomic E-state index is 5.27. The van der Waals surface area contributed by atoms with E-state index in [-0.39, 0.29) is 6.04 Å². The van der Waals surface area contributed by atoms with Gasteiger partial charge in [-0.1, -0.05) is 19.1 Å². The normalized spacial score (nSPS) is 12.3. The fraction of sp³-hybridized carbons (Fsp3) is 0.333. The molecule has 0 spiro atoms. The molecule has 1 aromatic carbocycles. The van der Waals surface area contributed by atoms with Gasteiger partial charge in [-0.3, -0.25) is 0 Å². The summed E-state index contributed by atoms with van der Waals surface area (Å²) in [4.78, 5) is 0. The lowest BCUT2D eigenvalue weighted by atomic mass is 10.0. The summed E-state index contributed by atoms with van der Waals surface area (Å²) in [6.45, 7) is 3.04. The summed E-state index contributed by atoms with van der Waals surface area (Å²) in [6.07, 6.45) is 4.42. The Morgan fingerprint density at radius 2 is 2.22 bits per heavy atom. The van der Waals surface area contributed by atoms with Gasteiger partial charge in [-0.25, -0.2) is 0 Å². The van der Waals surface area contributed by atoms with E-state index in [9.17, 15) is 0 Å². The molecule has 0 aliphatic heterocycles. The number of benzene rings is 1. The van der Waals surface area contributed by atoms with Gasteiger partial charge in [-0.2, -0.15) is 0 Å². The average molecular weight is 245 g/mol. The summed E-state index contributed by atoms with van der Waals surface area (Å²) in [5, 5.41) is 3.49. The minimum Gasteiger partial charge on any atom is -0.497 e. The highest BCUT2D eigenvalue weighted by molar-refractivity contribution is 5.31. The predicted molar refractivity (Wildman–Crippen MR) is 71.8 cm³/mol. The molecule has 1 unspecified atom stereocenters. The summed E-state index contributed by atoms with van der Waals surface area (Å²) in [7, 11) is 1.69. The van der Waals surface area contributed by atoms with E-state index in [4.69, 9.17) is 9.15 Å². The van der Waals surface area contributed by atoms with Crippen LogP contribution in [0.2, 0.25) is 0 Å². The molecule has 1 N–H and O–H groups in total. The van der Waals surface area contributed by atoms with Gasteiger partial charge in [-0.15, -0.1) is 0 Å². The van der Waals surface area contributed by atoms with Crippen LogP contribution in [0.3, 0.4) is 0 Å². The lowest BCUT2D eigenvalue weighted by Gasteiger charge is -2.18. The predicted octanol–water partition coefficient (Wildman–Crippen LogP) is 3.18. The molecule has 3 heteroatoms. The molecule has 0 saturated carbocycles. The highest BCUT2D eigenvalue weighted by Gasteiger charge is 2.12. The van der Waals surface area contributed by atoms with Gasteiger partial charge in [0, 0.05) is 6.04 Å². The fourth-order valence-electron chi connectivity index (χ4n) is 2.06. The molecule has 96 valence electrons. The zero-order valence-corrected chi connectivity index (χ0v) is 10.8. The number of likely N-dealkylation sites (N-methyl/N-ethyl adjacent to an activating group) is 1. The number of furan rings is 1. The third-order valence-electron chi connectivity index (χ3n) is 2.97. The Balaban J connectivity index is 2.17. The van der Waals surface area contributed by atoms with E-state index in [1.54, 1.807) is 19.6 Å². The van der Waals surface area contributed by atoms with Gasteiger partial charge in [0.15, 0.2) is 0 Å². The first kappa shape index (κ1) is 12.7. The van der Waals surface area contributed by atoms with Gasteiger partial charge < -0.3 is 14.5 Å². The Morgan fingerprint density at radius 3 is 2.89 bits per heavy atom. The lowest BCUT2D eigenvalue weighted by molar-refractivity contribution is 0.413. The van der Waals surface area contributed by atoms with E-state index in [0.29, 0.717) is 0 Å². The topological polar surface area (TPSA) is 34.4 Å². The van der Waals surface area contributed by atoms with Crippen molar-refractivity contribution in [2.45, 2.75) is 19.4 Å². The molecular formula is C15H19NO2. The van der Waals surface area contributed by atoms with Crippen LogP contribution in [0.25, 0.3) is 0 Å². The van der Waals surface area contributed by atoms with Gasteiger partial charge in [0.05, 0.1) is 19.6 Å². The monoisotopic (exact) mass is 245 g/mol. The van der Waals surface area contributed by atoms with Crippen LogP contribution in [0.15, 0.2) is 47.3 Å². The van der Waals surface area contributed by atoms with Crippen LogP contribution in [-0.2, 0) is 6.42 Å². The smallest absolute Gasteiger partial charge is 0.119 e. The van der Waals surface area contributed by atoms with E-state index in [1.807, 2.05) is 18.2 Å². The second kappa shape index (κ2) is 6.26. The van der Waals surface area contributed by atoms with E-state index >= 15 is 0 Å². The average Bonchev–Trinajstić information content (AvgIpc) is 2.91. The zero-order valence-electron chi connectivity index (χ0n) is 10.8. The SMILES string of the molecule is CCNC(Cc1ccoc1)c1cccc(OC)c1. The van der Waals surface area contributed by atoms with Crippen LogP contribution in [0.4, 0.5) is 0 Å². The van der Waals surface area contributed by atoms with Crippen molar-refractivity contribution in [3.63, 3.8) is 0 Å². The Kier molecular flexibility index (Phi) is 4.42. The number of ether oxygens (including phenoxy) is 1. The van der Waals surface area contributed by atoms with Crippen LogP contribution in [0, 0.1) is 0 Å². The molecule has 2 aromatic rings.